The average molecular weight is 516 g/mol. The summed E-state index contributed by atoms with van der Waals surface area (Å²) in [4.78, 5) is 39.1. The molecule has 0 spiro atoms. The van der Waals surface area contributed by atoms with Gasteiger partial charge < -0.3 is 19.3 Å². The van der Waals surface area contributed by atoms with Crippen molar-refractivity contribution in [3.05, 3.63) is 64.2 Å². The summed E-state index contributed by atoms with van der Waals surface area (Å²) in [5.74, 6) is -1.13. The standard InChI is InChI=1S/C28H35ClN2O5/c1-4-35-28(34)24-17-23(29)16-20(2)26(24)30-27(33)21(3)31(14-10-5-6-11-15-31)18-25(32)36-19-22-12-8-7-9-13-22/h7-9,12-13,16-17,21H,4-6,10-11,14-15,18-19H2,1-3H3/p+1. The van der Waals surface area contributed by atoms with Crippen LogP contribution in [0.3, 0.4) is 0 Å². The number of carbonyl (C=O) groups excluding carboxylic acids is 3. The number of nitrogens with one attached hydrogen (secondary N) is 1. The maximum absolute atomic E-state index is 13.6. The molecular formula is C28H36ClN2O5+. The molecule has 1 N–H and O–H groups in total. The molecule has 8 heteroatoms. The van der Waals surface area contributed by atoms with E-state index in [1.807, 2.05) is 37.3 Å². The molecule has 1 fully saturated rings. The summed E-state index contributed by atoms with van der Waals surface area (Å²) < 4.78 is 11.1. The first-order chi connectivity index (χ1) is 17.3. The fourth-order valence-corrected chi connectivity index (χ4v) is 5.07. The van der Waals surface area contributed by atoms with Crippen LogP contribution in [-0.4, -0.2) is 54.6 Å². The van der Waals surface area contributed by atoms with Crippen molar-refractivity contribution in [3.8, 4) is 0 Å². The van der Waals surface area contributed by atoms with Crippen LogP contribution in [0.25, 0.3) is 0 Å². The number of anilines is 1. The zero-order chi connectivity index (χ0) is 26.1. The Labute approximate surface area is 218 Å². The quantitative estimate of drug-likeness (QED) is 0.362. The lowest BCUT2D eigenvalue weighted by molar-refractivity contribution is -0.933. The molecule has 7 nitrogen and oxygen atoms in total. The zero-order valence-corrected chi connectivity index (χ0v) is 22.1. The number of hydrogen-bond acceptors (Lipinski definition) is 5. The molecule has 0 radical (unpaired) electrons. The van der Waals surface area contributed by atoms with Gasteiger partial charge in [-0.15, -0.1) is 0 Å². The highest BCUT2D eigenvalue weighted by molar-refractivity contribution is 6.31. The fraction of sp³-hybridized carbons (Fsp3) is 0.464. The monoisotopic (exact) mass is 515 g/mol. The first-order valence-electron chi connectivity index (χ1n) is 12.6. The zero-order valence-electron chi connectivity index (χ0n) is 21.3. The summed E-state index contributed by atoms with van der Waals surface area (Å²) in [5.41, 5.74) is 2.18. The van der Waals surface area contributed by atoms with Gasteiger partial charge in [0.05, 0.1) is 30.9 Å². The van der Waals surface area contributed by atoms with Gasteiger partial charge in [-0.05, 0) is 69.7 Å². The van der Waals surface area contributed by atoms with E-state index in [9.17, 15) is 14.4 Å². The number of benzene rings is 2. The molecule has 2 aromatic rings. The minimum Gasteiger partial charge on any atom is -0.462 e. The Morgan fingerprint density at radius 2 is 1.69 bits per heavy atom. The molecule has 3 rings (SSSR count). The summed E-state index contributed by atoms with van der Waals surface area (Å²) in [6.45, 7) is 7.29. The van der Waals surface area contributed by atoms with Gasteiger partial charge in [0.1, 0.15) is 6.61 Å². The van der Waals surface area contributed by atoms with Crippen LogP contribution in [0.4, 0.5) is 5.69 Å². The van der Waals surface area contributed by atoms with E-state index in [0.717, 1.165) is 31.2 Å². The van der Waals surface area contributed by atoms with Gasteiger partial charge in [0.25, 0.3) is 5.91 Å². The van der Waals surface area contributed by atoms with E-state index in [4.69, 9.17) is 21.1 Å². The van der Waals surface area contributed by atoms with Gasteiger partial charge in [-0.2, -0.15) is 0 Å². The van der Waals surface area contributed by atoms with Crippen LogP contribution in [0.2, 0.25) is 5.02 Å². The van der Waals surface area contributed by atoms with Crippen LogP contribution in [0.5, 0.6) is 0 Å². The summed E-state index contributed by atoms with van der Waals surface area (Å²) in [7, 11) is 0. The maximum atomic E-state index is 13.6. The smallest absolute Gasteiger partial charge is 0.362 e. The molecule has 1 amide bonds. The van der Waals surface area contributed by atoms with Crippen LogP contribution in [0, 0.1) is 6.92 Å². The molecule has 1 aliphatic heterocycles. The van der Waals surface area contributed by atoms with E-state index < -0.39 is 12.0 Å². The lowest BCUT2D eigenvalue weighted by Gasteiger charge is -2.41. The van der Waals surface area contributed by atoms with Crippen molar-refractivity contribution in [2.75, 3.05) is 31.6 Å². The first kappa shape index (κ1) is 27.7. The van der Waals surface area contributed by atoms with Crippen molar-refractivity contribution in [2.24, 2.45) is 0 Å². The number of esters is 2. The topological polar surface area (TPSA) is 81.7 Å². The Bertz CT molecular complexity index is 1070. The van der Waals surface area contributed by atoms with E-state index in [0.29, 0.717) is 33.8 Å². The van der Waals surface area contributed by atoms with Gasteiger partial charge in [0.2, 0.25) is 0 Å². The van der Waals surface area contributed by atoms with Crippen molar-refractivity contribution in [3.63, 3.8) is 0 Å². The van der Waals surface area contributed by atoms with Crippen molar-refractivity contribution in [1.82, 2.24) is 0 Å². The number of quaternary nitrogens is 1. The van der Waals surface area contributed by atoms with Crippen LogP contribution >= 0.6 is 11.6 Å². The van der Waals surface area contributed by atoms with Crippen LogP contribution in [0.15, 0.2) is 42.5 Å². The lowest BCUT2D eigenvalue weighted by atomic mass is 10.1. The Hall–Kier alpha value is -2.90. The summed E-state index contributed by atoms with van der Waals surface area (Å²) >= 11 is 6.18. The van der Waals surface area contributed by atoms with Gasteiger partial charge in [-0.25, -0.2) is 9.59 Å². The summed E-state index contributed by atoms with van der Waals surface area (Å²) in [5, 5.41) is 3.34. The predicted molar refractivity (Wildman–Crippen MR) is 140 cm³/mol. The molecule has 1 heterocycles. The second-order valence-corrected chi connectivity index (χ2v) is 9.85. The van der Waals surface area contributed by atoms with Crippen molar-refractivity contribution in [2.45, 2.75) is 59.1 Å². The number of carbonyl (C=O) groups is 3. The van der Waals surface area contributed by atoms with Crippen LogP contribution in [0.1, 0.15) is 61.0 Å². The molecule has 0 saturated carbocycles. The van der Waals surface area contributed by atoms with Gasteiger partial charge in [0, 0.05) is 5.02 Å². The molecule has 0 aliphatic carbocycles. The molecule has 0 bridgehead atoms. The van der Waals surface area contributed by atoms with Crippen molar-refractivity contribution in [1.29, 1.82) is 0 Å². The van der Waals surface area contributed by atoms with Gasteiger partial charge >= 0.3 is 11.9 Å². The number of likely N-dealkylation sites (tertiary alicyclic amines) is 1. The number of nitrogens with zero attached hydrogens (tertiary/aromatic N) is 1. The average Bonchev–Trinajstić information content (AvgIpc) is 3.10. The highest BCUT2D eigenvalue weighted by Crippen LogP contribution is 2.29. The second-order valence-electron chi connectivity index (χ2n) is 9.42. The molecular weight excluding hydrogens is 480 g/mol. The Morgan fingerprint density at radius 3 is 2.33 bits per heavy atom. The van der Waals surface area contributed by atoms with Gasteiger partial charge in [0.15, 0.2) is 12.6 Å². The van der Waals surface area contributed by atoms with Gasteiger partial charge in [-0.1, -0.05) is 41.9 Å². The molecule has 1 aliphatic rings. The molecule has 2 aromatic carbocycles. The largest absolute Gasteiger partial charge is 0.462 e. The number of amides is 1. The fourth-order valence-electron chi connectivity index (χ4n) is 4.80. The molecule has 1 saturated heterocycles. The SMILES string of the molecule is CCOC(=O)c1cc(Cl)cc(C)c1NC(=O)C(C)[N+]1(CC(=O)OCc2ccccc2)CCCCCC1. The number of rotatable bonds is 9. The van der Waals surface area contributed by atoms with E-state index in [1.54, 1.807) is 19.9 Å². The predicted octanol–water partition coefficient (Wildman–Crippen LogP) is 5.29. The Kier molecular flexibility index (Phi) is 9.90. The Balaban J connectivity index is 1.81. The highest BCUT2D eigenvalue weighted by Gasteiger charge is 2.41. The third kappa shape index (κ3) is 7.08. The number of aryl methyl sites for hydroxylation is 1. The van der Waals surface area contributed by atoms with E-state index in [1.165, 1.54) is 6.07 Å². The first-order valence-corrected chi connectivity index (χ1v) is 13.0. The normalized spacial score (nSPS) is 15.9. The van der Waals surface area contributed by atoms with Gasteiger partial charge in [-0.3, -0.25) is 4.79 Å². The molecule has 0 aromatic heterocycles. The van der Waals surface area contributed by atoms with E-state index in [-0.39, 0.29) is 37.2 Å². The molecule has 1 unspecified atom stereocenters. The lowest BCUT2D eigenvalue weighted by Crippen LogP contribution is -2.61. The summed E-state index contributed by atoms with van der Waals surface area (Å²) in [6.07, 6.45) is 3.99. The number of hydrogen-bond donors (Lipinski definition) is 1. The molecule has 194 valence electrons. The van der Waals surface area contributed by atoms with Crippen LogP contribution < -0.4 is 5.32 Å². The number of halogens is 1. The second kappa shape index (κ2) is 12.9. The van der Waals surface area contributed by atoms with Crippen molar-refractivity contribution >= 4 is 35.1 Å². The minimum absolute atomic E-state index is 0.117. The molecule has 1 atom stereocenters. The Morgan fingerprint density at radius 1 is 1.03 bits per heavy atom. The third-order valence-electron chi connectivity index (χ3n) is 6.89. The maximum Gasteiger partial charge on any atom is 0.362 e. The summed E-state index contributed by atoms with van der Waals surface area (Å²) in [6, 6.07) is 12.2. The molecule has 36 heavy (non-hydrogen) atoms. The third-order valence-corrected chi connectivity index (χ3v) is 7.11. The highest BCUT2D eigenvalue weighted by atomic mass is 35.5. The van der Waals surface area contributed by atoms with E-state index >= 15 is 0 Å². The minimum atomic E-state index is -0.547. The van der Waals surface area contributed by atoms with Crippen molar-refractivity contribution < 1.29 is 28.3 Å². The number of ether oxygens (including phenoxy) is 2. The van der Waals surface area contributed by atoms with E-state index in [2.05, 4.69) is 5.32 Å². The van der Waals surface area contributed by atoms with Crippen LogP contribution in [-0.2, 0) is 25.7 Å².